The van der Waals surface area contributed by atoms with Gasteiger partial charge in [-0.05, 0) is 12.1 Å². The van der Waals surface area contributed by atoms with Crippen molar-refractivity contribution in [1.82, 2.24) is 0 Å². The molecule has 0 heterocycles. The maximum atomic E-state index is 12.2. The molecule has 14 heavy (non-hydrogen) atoms. The minimum atomic E-state index is -0.912. The predicted molar refractivity (Wildman–Crippen MR) is 58.3 cm³/mol. The molecule has 80 valence electrons. The molecule has 0 unspecified atom stereocenters. The third kappa shape index (κ3) is 2.89. The van der Waals surface area contributed by atoms with E-state index < -0.39 is 12.7 Å². The van der Waals surface area contributed by atoms with Gasteiger partial charge >= 0.3 is 0 Å². The van der Waals surface area contributed by atoms with Crippen LogP contribution in [-0.2, 0) is 0 Å². The molecule has 0 radical (unpaired) electrons. The van der Waals surface area contributed by atoms with E-state index in [1.165, 1.54) is 12.1 Å². The number of halogens is 4. The Morgan fingerprint density at radius 1 is 1.43 bits per heavy atom. The molecule has 1 aromatic carbocycles. The molecule has 3 N–H and O–H groups in total. The van der Waals surface area contributed by atoms with Crippen molar-refractivity contribution in [3.8, 4) is 5.75 Å². The van der Waals surface area contributed by atoms with Crippen LogP contribution in [0.5, 0.6) is 5.75 Å². The number of hydrogen-bond acceptors (Lipinski definition) is 2. The van der Waals surface area contributed by atoms with Crippen molar-refractivity contribution in [2.45, 2.75) is 6.04 Å². The van der Waals surface area contributed by atoms with E-state index in [-0.39, 0.29) is 33.8 Å². The molecule has 6 heteroatoms. The molecule has 2 nitrogen and oxygen atoms in total. The van der Waals surface area contributed by atoms with E-state index in [9.17, 15) is 9.50 Å². The summed E-state index contributed by atoms with van der Waals surface area (Å²) in [5, 5.41) is 9.82. The lowest BCUT2D eigenvalue weighted by atomic mass is 10.1. The van der Waals surface area contributed by atoms with Gasteiger partial charge in [-0.2, -0.15) is 0 Å². The highest BCUT2D eigenvalue weighted by atomic mass is 35.5. The Balaban J connectivity index is 0.00000169. The zero-order valence-corrected chi connectivity index (χ0v) is 9.33. The Morgan fingerprint density at radius 2 is 2.00 bits per heavy atom. The van der Waals surface area contributed by atoms with Crippen molar-refractivity contribution in [2.24, 2.45) is 5.73 Å². The molecular weight excluding hydrogens is 251 g/mol. The molecule has 0 bridgehead atoms. The Kier molecular flexibility index (Phi) is 5.52. The van der Waals surface area contributed by atoms with Crippen molar-refractivity contribution in [3.63, 3.8) is 0 Å². The topological polar surface area (TPSA) is 46.2 Å². The van der Waals surface area contributed by atoms with E-state index in [1.807, 2.05) is 0 Å². The molecule has 1 aromatic rings. The van der Waals surface area contributed by atoms with E-state index in [0.717, 1.165) is 0 Å². The van der Waals surface area contributed by atoms with Crippen molar-refractivity contribution in [3.05, 3.63) is 27.7 Å². The summed E-state index contributed by atoms with van der Waals surface area (Å²) >= 11 is 11.3. The van der Waals surface area contributed by atoms with Gasteiger partial charge in [0.25, 0.3) is 0 Å². The number of hydrogen-bond donors (Lipinski definition) is 2. The largest absolute Gasteiger partial charge is 0.507 e. The van der Waals surface area contributed by atoms with E-state index in [1.54, 1.807) is 0 Å². The maximum Gasteiger partial charge on any atom is 0.123 e. The van der Waals surface area contributed by atoms with Crippen LogP contribution in [0.4, 0.5) is 4.39 Å². The summed E-state index contributed by atoms with van der Waals surface area (Å²) < 4.78 is 12.2. The number of aromatic hydroxyl groups is 1. The van der Waals surface area contributed by atoms with Crippen LogP contribution in [0.2, 0.25) is 10.0 Å². The van der Waals surface area contributed by atoms with Gasteiger partial charge in [0.15, 0.2) is 0 Å². The van der Waals surface area contributed by atoms with Crippen LogP contribution in [-0.4, -0.2) is 11.8 Å². The first-order valence-electron chi connectivity index (χ1n) is 3.55. The van der Waals surface area contributed by atoms with Gasteiger partial charge in [-0.1, -0.05) is 23.2 Å². The van der Waals surface area contributed by atoms with Gasteiger partial charge in [0.1, 0.15) is 12.4 Å². The van der Waals surface area contributed by atoms with Crippen LogP contribution in [0, 0.1) is 0 Å². The minimum Gasteiger partial charge on any atom is -0.507 e. The molecule has 0 saturated heterocycles. The predicted octanol–water partition coefficient (Wildman–Crippen LogP) is 3.09. The number of alkyl halides is 1. The molecule has 0 aliphatic heterocycles. The van der Waals surface area contributed by atoms with E-state index in [2.05, 4.69) is 0 Å². The quantitative estimate of drug-likeness (QED) is 0.858. The van der Waals surface area contributed by atoms with E-state index >= 15 is 0 Å². The minimum absolute atomic E-state index is 0. The lowest BCUT2D eigenvalue weighted by Crippen LogP contribution is -2.12. The van der Waals surface area contributed by atoms with Crippen molar-refractivity contribution < 1.29 is 9.50 Å². The first kappa shape index (κ1) is 13.8. The fourth-order valence-corrected chi connectivity index (χ4v) is 1.64. The Hall–Kier alpha value is -0.220. The van der Waals surface area contributed by atoms with Crippen molar-refractivity contribution >= 4 is 35.6 Å². The number of benzene rings is 1. The molecule has 0 aliphatic carbocycles. The van der Waals surface area contributed by atoms with Gasteiger partial charge in [-0.25, -0.2) is 4.39 Å². The number of rotatable bonds is 2. The van der Waals surface area contributed by atoms with Crippen LogP contribution in [0.3, 0.4) is 0 Å². The number of phenolic OH excluding ortho intramolecular Hbond substituents is 1. The molecule has 1 atom stereocenters. The average Bonchev–Trinajstić information content (AvgIpc) is 2.02. The van der Waals surface area contributed by atoms with Gasteiger partial charge in [0, 0.05) is 10.6 Å². The molecule has 0 aromatic heterocycles. The normalized spacial score (nSPS) is 12.0. The van der Waals surface area contributed by atoms with Crippen LogP contribution in [0.15, 0.2) is 12.1 Å². The summed E-state index contributed by atoms with van der Waals surface area (Å²) in [4.78, 5) is 0. The monoisotopic (exact) mass is 259 g/mol. The smallest absolute Gasteiger partial charge is 0.123 e. The lowest BCUT2D eigenvalue weighted by Gasteiger charge is -2.11. The summed E-state index contributed by atoms with van der Waals surface area (Å²) in [6.45, 7) is -0.783. The zero-order chi connectivity index (χ0) is 10.0. The third-order valence-electron chi connectivity index (χ3n) is 1.61. The summed E-state index contributed by atoms with van der Waals surface area (Å²) in [7, 11) is 0. The molecule has 0 fully saturated rings. The fraction of sp³-hybridized carbons (Fsp3) is 0.250. The second-order valence-corrected chi connectivity index (χ2v) is 3.42. The molecular formula is C8H9Cl3FNO. The van der Waals surface area contributed by atoms with Gasteiger partial charge in [-0.3, -0.25) is 0 Å². The van der Waals surface area contributed by atoms with E-state index in [0.29, 0.717) is 0 Å². The van der Waals surface area contributed by atoms with Gasteiger partial charge in [0.05, 0.1) is 11.1 Å². The SMILES string of the molecule is Cl.N[C@@H](CF)c1c(O)cc(Cl)cc1Cl. The van der Waals surface area contributed by atoms with Crippen molar-refractivity contribution in [1.29, 1.82) is 0 Å². The average molecular weight is 261 g/mol. The highest BCUT2D eigenvalue weighted by molar-refractivity contribution is 6.35. The fourth-order valence-electron chi connectivity index (χ4n) is 1.02. The highest BCUT2D eigenvalue weighted by Gasteiger charge is 2.15. The number of phenols is 1. The van der Waals surface area contributed by atoms with Crippen molar-refractivity contribution in [2.75, 3.05) is 6.67 Å². The first-order chi connectivity index (χ1) is 6.06. The molecule has 0 spiro atoms. The zero-order valence-electron chi connectivity index (χ0n) is 7.01. The Morgan fingerprint density at radius 3 is 2.43 bits per heavy atom. The highest BCUT2D eigenvalue weighted by Crippen LogP contribution is 2.33. The Labute approximate surface area is 97.2 Å². The summed E-state index contributed by atoms with van der Waals surface area (Å²) in [6.07, 6.45) is 0. The van der Waals surface area contributed by atoms with E-state index in [4.69, 9.17) is 28.9 Å². The van der Waals surface area contributed by atoms with Crippen LogP contribution < -0.4 is 5.73 Å². The number of nitrogens with two attached hydrogens (primary N) is 1. The second kappa shape index (κ2) is 5.61. The summed E-state index contributed by atoms with van der Waals surface area (Å²) in [5.74, 6) is -0.178. The first-order valence-corrected chi connectivity index (χ1v) is 4.31. The van der Waals surface area contributed by atoms with Gasteiger partial charge < -0.3 is 10.8 Å². The van der Waals surface area contributed by atoms with Crippen LogP contribution in [0.25, 0.3) is 0 Å². The molecule has 0 amide bonds. The summed E-state index contributed by atoms with van der Waals surface area (Å²) in [6, 6.07) is 1.77. The lowest BCUT2D eigenvalue weighted by molar-refractivity contribution is 0.414. The molecule has 0 saturated carbocycles. The second-order valence-electron chi connectivity index (χ2n) is 2.58. The molecule has 1 rings (SSSR count). The van der Waals surface area contributed by atoms with Gasteiger partial charge in [0.2, 0.25) is 0 Å². The summed E-state index contributed by atoms with van der Waals surface area (Å²) in [5.41, 5.74) is 5.57. The van der Waals surface area contributed by atoms with Crippen LogP contribution in [0.1, 0.15) is 11.6 Å². The standard InChI is InChI=1S/C8H8Cl2FNO.ClH/c9-4-1-5(10)8(6(12)3-11)7(13)2-4;/h1-2,6,13H,3,12H2;1H/t6-;/m0./s1. The van der Waals surface area contributed by atoms with Gasteiger partial charge in [-0.15, -0.1) is 12.4 Å². The van der Waals surface area contributed by atoms with Crippen LogP contribution >= 0.6 is 35.6 Å². The Bertz CT molecular complexity index is 298. The third-order valence-corrected chi connectivity index (χ3v) is 2.14. The maximum absolute atomic E-state index is 12.2. The molecule has 0 aliphatic rings.